The van der Waals surface area contributed by atoms with Gasteiger partial charge in [-0.25, -0.2) is 14.6 Å². The zero-order chi connectivity index (χ0) is 23.5. The maximum atomic E-state index is 10.1. The van der Waals surface area contributed by atoms with Gasteiger partial charge in [-0.3, -0.25) is 0 Å². The molecule has 0 saturated heterocycles. The lowest BCUT2D eigenvalue weighted by Crippen LogP contribution is -2.31. The number of hydrogen-bond acceptors (Lipinski definition) is 8. The van der Waals surface area contributed by atoms with Gasteiger partial charge in [0.05, 0.1) is 18.5 Å². The summed E-state index contributed by atoms with van der Waals surface area (Å²) in [7, 11) is 0. The van der Waals surface area contributed by atoms with Crippen molar-refractivity contribution in [2.24, 2.45) is 0 Å². The highest BCUT2D eigenvalue weighted by atomic mass is 16.3. The molecule has 178 valence electrons. The van der Waals surface area contributed by atoms with Gasteiger partial charge in [0.1, 0.15) is 0 Å². The lowest BCUT2D eigenvalue weighted by Gasteiger charge is -2.20. The highest BCUT2D eigenvalue weighted by Crippen LogP contribution is 2.33. The molecular formula is C24H31N9O. The maximum Gasteiger partial charge on any atom is 0.227 e. The second-order valence-electron chi connectivity index (χ2n) is 8.89. The number of aromatic nitrogens is 7. The summed E-state index contributed by atoms with van der Waals surface area (Å²) in [4.78, 5) is 18.7. The van der Waals surface area contributed by atoms with E-state index in [1.54, 1.807) is 17.8 Å². The van der Waals surface area contributed by atoms with Gasteiger partial charge < -0.3 is 20.3 Å². The molecule has 1 unspecified atom stereocenters. The van der Waals surface area contributed by atoms with Gasteiger partial charge in [-0.15, -0.1) is 0 Å². The van der Waals surface area contributed by atoms with Crippen molar-refractivity contribution in [1.82, 2.24) is 34.3 Å². The van der Waals surface area contributed by atoms with E-state index in [1.165, 1.54) is 12.8 Å². The molecule has 1 aliphatic carbocycles. The van der Waals surface area contributed by atoms with Gasteiger partial charge in [-0.2, -0.15) is 15.1 Å². The minimum atomic E-state index is -0.514. The Morgan fingerprint density at radius 1 is 1.18 bits per heavy atom. The minimum Gasteiger partial charge on any atom is -0.391 e. The predicted molar refractivity (Wildman–Crippen MR) is 131 cm³/mol. The number of pyridine rings is 1. The number of anilines is 2. The first kappa shape index (κ1) is 22.3. The van der Waals surface area contributed by atoms with Gasteiger partial charge in [0, 0.05) is 31.2 Å². The zero-order valence-electron chi connectivity index (χ0n) is 19.6. The number of nitrogens with one attached hydrogen (secondary N) is 2. The molecule has 10 nitrogen and oxygen atoms in total. The highest BCUT2D eigenvalue weighted by Gasteiger charge is 2.23. The van der Waals surface area contributed by atoms with E-state index < -0.39 is 6.10 Å². The molecule has 5 rings (SSSR count). The topological polar surface area (TPSA) is 119 Å². The van der Waals surface area contributed by atoms with Crippen molar-refractivity contribution in [1.29, 1.82) is 0 Å². The lowest BCUT2D eigenvalue weighted by molar-refractivity contribution is 0.169. The van der Waals surface area contributed by atoms with Crippen molar-refractivity contribution in [3.63, 3.8) is 0 Å². The van der Waals surface area contributed by atoms with Gasteiger partial charge in [-0.1, -0.05) is 25.8 Å². The molecule has 34 heavy (non-hydrogen) atoms. The number of hydrogen-bond donors (Lipinski definition) is 3. The molecule has 10 heteroatoms. The summed E-state index contributed by atoms with van der Waals surface area (Å²) in [5, 5.41) is 21.1. The Labute approximate surface area is 198 Å². The Morgan fingerprint density at radius 2 is 2.03 bits per heavy atom. The van der Waals surface area contributed by atoms with Crippen LogP contribution in [0.2, 0.25) is 0 Å². The molecular weight excluding hydrogens is 430 g/mol. The Hall–Kier alpha value is -3.53. The Bertz CT molecular complexity index is 1210. The van der Waals surface area contributed by atoms with Crippen LogP contribution in [0.3, 0.4) is 0 Å². The fraction of sp³-hybridized carbons (Fsp3) is 0.458. The summed E-state index contributed by atoms with van der Waals surface area (Å²) < 4.78 is 3.91. The smallest absolute Gasteiger partial charge is 0.227 e. The largest absolute Gasteiger partial charge is 0.391 e. The van der Waals surface area contributed by atoms with E-state index in [4.69, 9.17) is 9.97 Å². The van der Waals surface area contributed by atoms with Gasteiger partial charge in [-0.05, 0) is 43.9 Å². The van der Waals surface area contributed by atoms with Gasteiger partial charge in [0.25, 0.3) is 0 Å². The van der Waals surface area contributed by atoms with Gasteiger partial charge >= 0.3 is 0 Å². The summed E-state index contributed by atoms with van der Waals surface area (Å²) in [5.41, 5.74) is 2.59. The molecule has 2 atom stereocenters. The van der Waals surface area contributed by atoms with Crippen molar-refractivity contribution in [3.05, 3.63) is 48.7 Å². The monoisotopic (exact) mass is 461 g/mol. The molecule has 0 aromatic carbocycles. The molecule has 0 radical (unpaired) electrons. The summed E-state index contributed by atoms with van der Waals surface area (Å²) in [6.45, 7) is 4.36. The summed E-state index contributed by atoms with van der Waals surface area (Å²) in [5.74, 6) is 1.93. The van der Waals surface area contributed by atoms with Crippen LogP contribution in [-0.4, -0.2) is 51.5 Å². The van der Waals surface area contributed by atoms with Crippen molar-refractivity contribution in [2.75, 3.05) is 10.6 Å². The summed E-state index contributed by atoms with van der Waals surface area (Å²) in [6, 6.07) is 6.11. The lowest BCUT2D eigenvalue weighted by atomic mass is 10.1. The van der Waals surface area contributed by atoms with E-state index in [-0.39, 0.29) is 6.04 Å². The molecule has 4 aromatic heterocycles. The SMILES string of the molecule is CCC(Nc1nc(NCc2ccc(-n3cccn3)nc2)c2ncn(C3CCCC3)c2n1)[C@@H](C)O. The molecule has 0 bridgehead atoms. The maximum absolute atomic E-state index is 10.1. The van der Waals surface area contributed by atoms with Crippen LogP contribution in [0.25, 0.3) is 17.0 Å². The highest BCUT2D eigenvalue weighted by molar-refractivity contribution is 5.84. The number of imidazole rings is 1. The number of aliphatic hydroxyl groups excluding tert-OH is 1. The Kier molecular flexibility index (Phi) is 6.39. The molecule has 3 N–H and O–H groups in total. The number of fused-ring (bicyclic) bond motifs is 1. The summed E-state index contributed by atoms with van der Waals surface area (Å²) in [6.07, 6.45) is 12.3. The minimum absolute atomic E-state index is 0.132. The van der Waals surface area contributed by atoms with Crippen LogP contribution in [0.5, 0.6) is 0 Å². The molecule has 4 aromatic rings. The fourth-order valence-corrected chi connectivity index (χ4v) is 4.53. The van der Waals surface area contributed by atoms with E-state index in [2.05, 4.69) is 30.3 Å². The first-order chi connectivity index (χ1) is 16.6. The number of rotatable bonds is 9. The van der Waals surface area contributed by atoms with Crippen LogP contribution in [0, 0.1) is 0 Å². The number of nitrogens with zero attached hydrogens (tertiary/aromatic N) is 7. The van der Waals surface area contributed by atoms with Crippen LogP contribution in [0.15, 0.2) is 43.1 Å². The molecule has 0 amide bonds. The predicted octanol–water partition coefficient (Wildman–Crippen LogP) is 3.71. The van der Waals surface area contributed by atoms with Gasteiger partial charge in [0.2, 0.25) is 5.95 Å². The van der Waals surface area contributed by atoms with Crippen molar-refractivity contribution in [2.45, 2.75) is 70.7 Å². The molecule has 1 aliphatic rings. The van der Waals surface area contributed by atoms with E-state index in [9.17, 15) is 5.11 Å². The Morgan fingerprint density at radius 3 is 2.71 bits per heavy atom. The van der Waals surface area contributed by atoms with Crippen molar-refractivity contribution in [3.8, 4) is 5.82 Å². The van der Waals surface area contributed by atoms with Crippen LogP contribution in [-0.2, 0) is 6.54 Å². The van der Waals surface area contributed by atoms with Crippen LogP contribution in [0.1, 0.15) is 57.6 Å². The third-order valence-corrected chi connectivity index (χ3v) is 6.48. The standard InChI is InChI=1S/C24H31N9O/c1-3-19(16(2)34)29-24-30-22(21-23(31-24)32(15-27-21)18-7-4-5-8-18)26-14-17-9-10-20(25-13-17)33-12-6-11-28-33/h6,9-13,15-16,18-19,34H,3-5,7-8,14H2,1-2H3,(H2,26,29,30,31)/t16-,19?/m1/s1. The van der Waals surface area contributed by atoms with Crippen LogP contribution >= 0.6 is 0 Å². The average molecular weight is 462 g/mol. The molecule has 1 fully saturated rings. The first-order valence-electron chi connectivity index (χ1n) is 12.0. The second kappa shape index (κ2) is 9.76. The van der Waals surface area contributed by atoms with E-state index >= 15 is 0 Å². The van der Waals surface area contributed by atoms with Crippen molar-refractivity contribution >= 4 is 22.9 Å². The Balaban J connectivity index is 1.42. The van der Waals surface area contributed by atoms with Crippen LogP contribution in [0.4, 0.5) is 11.8 Å². The normalized spacial score (nSPS) is 16.1. The van der Waals surface area contributed by atoms with E-state index in [0.717, 1.165) is 41.8 Å². The molecule has 4 heterocycles. The molecule has 0 aliphatic heterocycles. The molecule has 0 spiro atoms. The van der Waals surface area contributed by atoms with Gasteiger partial charge in [0.15, 0.2) is 22.8 Å². The van der Waals surface area contributed by atoms with Crippen LogP contribution < -0.4 is 10.6 Å². The third kappa shape index (κ3) is 4.58. The van der Waals surface area contributed by atoms with Crippen molar-refractivity contribution < 1.29 is 5.11 Å². The third-order valence-electron chi connectivity index (χ3n) is 6.48. The van der Waals surface area contributed by atoms with E-state index in [0.29, 0.717) is 24.4 Å². The quantitative estimate of drug-likeness (QED) is 0.345. The summed E-state index contributed by atoms with van der Waals surface area (Å²) >= 11 is 0. The van der Waals surface area contributed by atoms with E-state index in [1.807, 2.05) is 43.8 Å². The zero-order valence-corrected chi connectivity index (χ0v) is 19.6. The fourth-order valence-electron chi connectivity index (χ4n) is 4.53. The average Bonchev–Trinajstić information content (AvgIpc) is 3.62. The second-order valence-corrected chi connectivity index (χ2v) is 8.89. The molecule has 1 saturated carbocycles. The number of aliphatic hydroxyl groups is 1. The first-order valence-corrected chi connectivity index (χ1v) is 12.0.